The van der Waals surface area contributed by atoms with E-state index in [1.807, 2.05) is 0 Å². The minimum atomic E-state index is -0.398. The normalized spacial score (nSPS) is 25.8. The van der Waals surface area contributed by atoms with Crippen LogP contribution in [0.25, 0.3) is 0 Å². The number of nitrogens with zero attached hydrogens (tertiary/aromatic N) is 1. The first-order valence-electron chi connectivity index (χ1n) is 3.11. The lowest BCUT2D eigenvalue weighted by atomic mass is 10.1. The van der Waals surface area contributed by atoms with Gasteiger partial charge in [0.15, 0.2) is 0 Å². The Morgan fingerprint density at radius 1 is 1.50 bits per heavy atom. The van der Waals surface area contributed by atoms with Crippen LogP contribution >= 0.6 is 0 Å². The quantitative estimate of drug-likeness (QED) is 0.442. The average Bonchev–Trinajstić information content (AvgIpc) is 1.93. The first kappa shape index (κ1) is 6.99. The van der Waals surface area contributed by atoms with Crippen molar-refractivity contribution in [3.63, 3.8) is 0 Å². The van der Waals surface area contributed by atoms with Gasteiger partial charge in [0.1, 0.15) is 0 Å². The lowest BCUT2D eigenvalue weighted by molar-refractivity contribution is -0.136. The molecule has 1 unspecified atom stereocenters. The molecule has 1 atom stereocenters. The molecule has 0 N–H and O–H groups in total. The summed E-state index contributed by atoms with van der Waals surface area (Å²) in [5, 5.41) is 0. The van der Waals surface area contributed by atoms with Gasteiger partial charge in [0.25, 0.3) is 0 Å². The van der Waals surface area contributed by atoms with E-state index >= 15 is 0 Å². The highest BCUT2D eigenvalue weighted by Gasteiger charge is 2.24. The Hall–Kier alpha value is -1.12. The minimum Gasteiger partial charge on any atom is -0.370 e. The fraction of sp³-hybridized carbons (Fsp3) is 0.429. The van der Waals surface area contributed by atoms with Crippen molar-refractivity contribution >= 4 is 11.6 Å². The first-order chi connectivity index (χ1) is 4.63. The molecule has 0 radical (unpaired) electrons. The molecule has 3 nitrogen and oxygen atoms in total. The predicted octanol–water partition coefficient (Wildman–Crippen LogP) is -0.0278. The smallest absolute Gasteiger partial charge is 0.225 e. The van der Waals surface area contributed by atoms with Gasteiger partial charge in [-0.25, -0.2) is 0 Å². The Bertz CT molecular complexity index is 208. The summed E-state index contributed by atoms with van der Waals surface area (Å²) in [6, 6.07) is -0.294. The summed E-state index contributed by atoms with van der Waals surface area (Å²) in [6.07, 6.45) is 2.91. The lowest BCUT2D eigenvalue weighted by Gasteiger charge is -2.23. The van der Waals surface area contributed by atoms with Crippen LogP contribution in [-0.4, -0.2) is 29.6 Å². The Kier molecular flexibility index (Phi) is 1.57. The SMILES string of the molecule is CC1C(=O)C(=O)C=CN1C. The van der Waals surface area contributed by atoms with Crippen LogP contribution in [0, 0.1) is 0 Å². The number of hydrogen-bond acceptors (Lipinski definition) is 3. The van der Waals surface area contributed by atoms with Crippen molar-refractivity contribution in [1.82, 2.24) is 4.90 Å². The van der Waals surface area contributed by atoms with Gasteiger partial charge in [-0.05, 0) is 6.92 Å². The lowest BCUT2D eigenvalue weighted by Crippen LogP contribution is -2.39. The van der Waals surface area contributed by atoms with Gasteiger partial charge in [-0.1, -0.05) is 0 Å². The van der Waals surface area contributed by atoms with Gasteiger partial charge < -0.3 is 4.90 Å². The van der Waals surface area contributed by atoms with Crippen LogP contribution in [-0.2, 0) is 9.59 Å². The third kappa shape index (κ3) is 0.943. The largest absolute Gasteiger partial charge is 0.370 e. The topological polar surface area (TPSA) is 37.4 Å². The Balaban J connectivity index is 2.89. The van der Waals surface area contributed by atoms with Crippen LogP contribution in [0.5, 0.6) is 0 Å². The number of carbonyl (C=O) groups excluding carboxylic acids is 2. The molecule has 0 aliphatic carbocycles. The van der Waals surface area contributed by atoms with Crippen molar-refractivity contribution in [2.45, 2.75) is 13.0 Å². The molecular formula is C7H9NO2. The summed E-state index contributed by atoms with van der Waals surface area (Å²) in [5.41, 5.74) is 0. The zero-order valence-corrected chi connectivity index (χ0v) is 6.00. The summed E-state index contributed by atoms with van der Waals surface area (Å²) in [7, 11) is 1.77. The molecule has 1 aliphatic rings. The Morgan fingerprint density at radius 3 is 2.60 bits per heavy atom. The molecule has 54 valence electrons. The van der Waals surface area contributed by atoms with Gasteiger partial charge in [-0.3, -0.25) is 9.59 Å². The van der Waals surface area contributed by atoms with Gasteiger partial charge in [0, 0.05) is 19.3 Å². The first-order valence-corrected chi connectivity index (χ1v) is 3.11. The zero-order chi connectivity index (χ0) is 7.72. The maximum atomic E-state index is 10.9. The highest BCUT2D eigenvalue weighted by atomic mass is 16.2. The minimum absolute atomic E-state index is 0.294. The van der Waals surface area contributed by atoms with E-state index in [-0.39, 0.29) is 11.8 Å². The average molecular weight is 139 g/mol. The molecule has 1 aliphatic heterocycles. The summed E-state index contributed by atoms with van der Waals surface area (Å²) in [5.74, 6) is -0.726. The number of rotatable bonds is 0. The van der Waals surface area contributed by atoms with Gasteiger partial charge >= 0.3 is 0 Å². The van der Waals surface area contributed by atoms with Gasteiger partial charge in [0.05, 0.1) is 6.04 Å². The zero-order valence-electron chi connectivity index (χ0n) is 6.00. The molecule has 1 heterocycles. The second kappa shape index (κ2) is 2.25. The standard InChI is InChI=1S/C7H9NO2/c1-5-7(10)6(9)3-4-8(5)2/h3-5H,1-2H3. The van der Waals surface area contributed by atoms with E-state index in [0.29, 0.717) is 0 Å². The van der Waals surface area contributed by atoms with Crippen molar-refractivity contribution in [2.24, 2.45) is 0 Å². The molecule has 0 aromatic heterocycles. The van der Waals surface area contributed by atoms with Crippen molar-refractivity contribution < 1.29 is 9.59 Å². The van der Waals surface area contributed by atoms with Crippen molar-refractivity contribution in [3.8, 4) is 0 Å². The highest BCUT2D eigenvalue weighted by molar-refractivity contribution is 6.43. The van der Waals surface area contributed by atoms with E-state index < -0.39 is 5.78 Å². The molecule has 0 bridgehead atoms. The van der Waals surface area contributed by atoms with Crippen molar-refractivity contribution in [1.29, 1.82) is 0 Å². The molecule has 0 spiro atoms. The van der Waals surface area contributed by atoms with Crippen molar-refractivity contribution in [3.05, 3.63) is 12.3 Å². The molecule has 0 aromatic carbocycles. The predicted molar refractivity (Wildman–Crippen MR) is 36.4 cm³/mol. The number of ketones is 2. The number of allylic oxidation sites excluding steroid dienone is 1. The summed E-state index contributed by atoms with van der Waals surface area (Å²) >= 11 is 0. The van der Waals surface area contributed by atoms with Crippen LogP contribution in [0.3, 0.4) is 0 Å². The molecule has 0 fully saturated rings. The van der Waals surface area contributed by atoms with Crippen LogP contribution in [0.1, 0.15) is 6.92 Å². The van der Waals surface area contributed by atoms with E-state index in [4.69, 9.17) is 0 Å². The molecule has 10 heavy (non-hydrogen) atoms. The van der Waals surface area contributed by atoms with Crippen molar-refractivity contribution in [2.75, 3.05) is 7.05 Å². The Morgan fingerprint density at radius 2 is 2.10 bits per heavy atom. The number of Topliss-reactive ketones (excluding diaryl/α,β-unsaturated/α-hetero) is 1. The van der Waals surface area contributed by atoms with Gasteiger partial charge in [-0.2, -0.15) is 0 Å². The van der Waals surface area contributed by atoms with Crippen LogP contribution in [0.15, 0.2) is 12.3 Å². The summed E-state index contributed by atoms with van der Waals surface area (Å²) < 4.78 is 0. The maximum Gasteiger partial charge on any atom is 0.225 e. The molecule has 0 aromatic rings. The van der Waals surface area contributed by atoms with E-state index in [9.17, 15) is 9.59 Å². The molecule has 1 rings (SSSR count). The highest BCUT2D eigenvalue weighted by Crippen LogP contribution is 2.04. The Labute approximate surface area is 59.3 Å². The second-order valence-electron chi connectivity index (χ2n) is 2.39. The van der Waals surface area contributed by atoms with E-state index in [1.165, 1.54) is 6.08 Å². The molecular weight excluding hydrogens is 130 g/mol. The fourth-order valence-electron chi connectivity index (χ4n) is 0.787. The number of likely N-dealkylation sites (N-methyl/N-ethyl adjacent to an activating group) is 1. The van der Waals surface area contributed by atoms with Gasteiger partial charge in [-0.15, -0.1) is 0 Å². The summed E-state index contributed by atoms with van der Waals surface area (Å²) in [6.45, 7) is 1.71. The molecule has 0 saturated carbocycles. The summed E-state index contributed by atoms with van der Waals surface area (Å²) in [4.78, 5) is 23.3. The van der Waals surface area contributed by atoms with E-state index in [2.05, 4.69) is 0 Å². The molecule has 3 heteroatoms. The second-order valence-corrected chi connectivity index (χ2v) is 2.39. The monoisotopic (exact) mass is 139 g/mol. The third-order valence-corrected chi connectivity index (χ3v) is 1.69. The molecule has 0 amide bonds. The van der Waals surface area contributed by atoms with Crippen LogP contribution in [0.4, 0.5) is 0 Å². The van der Waals surface area contributed by atoms with E-state index in [0.717, 1.165) is 0 Å². The maximum absolute atomic E-state index is 10.9. The number of hydrogen-bond donors (Lipinski definition) is 0. The van der Waals surface area contributed by atoms with Crippen LogP contribution < -0.4 is 0 Å². The number of carbonyl (C=O) groups is 2. The fourth-order valence-corrected chi connectivity index (χ4v) is 0.787. The van der Waals surface area contributed by atoms with Crippen LogP contribution in [0.2, 0.25) is 0 Å². The van der Waals surface area contributed by atoms with Gasteiger partial charge in [0.2, 0.25) is 11.6 Å². The molecule has 0 saturated heterocycles. The van der Waals surface area contributed by atoms with E-state index in [1.54, 1.807) is 25.1 Å². The third-order valence-electron chi connectivity index (χ3n) is 1.69.